The third-order valence-corrected chi connectivity index (χ3v) is 5.30. The Bertz CT molecular complexity index is 685. The highest BCUT2D eigenvalue weighted by Crippen LogP contribution is 2.57. The molecule has 0 heterocycles. The maximum absolute atomic E-state index is 9.73. The Morgan fingerprint density at radius 2 is 1.86 bits per heavy atom. The van der Waals surface area contributed by atoms with E-state index in [2.05, 4.69) is 55.5 Å². The van der Waals surface area contributed by atoms with Gasteiger partial charge in [0.25, 0.3) is 0 Å². The molecule has 110 valence electrons. The van der Waals surface area contributed by atoms with Crippen LogP contribution in [0.1, 0.15) is 44.1 Å². The van der Waals surface area contributed by atoms with Crippen molar-refractivity contribution in [2.45, 2.75) is 38.5 Å². The maximum atomic E-state index is 9.73. The molecule has 0 fully saturated rings. The van der Waals surface area contributed by atoms with Crippen molar-refractivity contribution in [3.63, 3.8) is 0 Å². The average Bonchev–Trinajstić information content (AvgIpc) is 2.70. The SMILES string of the molecule is CC12CCCC=C1C(C#N)(C#N)CC=CC2c1ccccc1. The van der Waals surface area contributed by atoms with Gasteiger partial charge in [0.1, 0.15) is 0 Å². The van der Waals surface area contributed by atoms with Gasteiger partial charge >= 0.3 is 0 Å². The molecule has 2 unspecified atom stereocenters. The van der Waals surface area contributed by atoms with Gasteiger partial charge in [0.2, 0.25) is 0 Å². The van der Waals surface area contributed by atoms with Crippen LogP contribution in [0.2, 0.25) is 0 Å². The molecule has 2 nitrogen and oxygen atoms in total. The van der Waals surface area contributed by atoms with Crippen LogP contribution >= 0.6 is 0 Å². The van der Waals surface area contributed by atoms with Crippen molar-refractivity contribution < 1.29 is 0 Å². The van der Waals surface area contributed by atoms with Gasteiger partial charge in [-0.3, -0.25) is 0 Å². The molecule has 0 saturated carbocycles. The minimum absolute atomic E-state index is 0.155. The summed E-state index contributed by atoms with van der Waals surface area (Å²) >= 11 is 0. The van der Waals surface area contributed by atoms with Gasteiger partial charge < -0.3 is 0 Å². The van der Waals surface area contributed by atoms with Crippen molar-refractivity contribution >= 4 is 0 Å². The van der Waals surface area contributed by atoms with Crippen molar-refractivity contribution in [2.75, 3.05) is 0 Å². The highest BCUT2D eigenvalue weighted by molar-refractivity contribution is 5.45. The fourth-order valence-electron chi connectivity index (χ4n) is 4.15. The van der Waals surface area contributed by atoms with Crippen molar-refractivity contribution in [1.29, 1.82) is 10.5 Å². The fourth-order valence-corrected chi connectivity index (χ4v) is 4.15. The first-order valence-corrected chi connectivity index (χ1v) is 7.91. The summed E-state index contributed by atoms with van der Waals surface area (Å²) in [4.78, 5) is 0. The molecular weight excluding hydrogens is 268 g/mol. The van der Waals surface area contributed by atoms with Crippen LogP contribution in [0.25, 0.3) is 0 Å². The second-order valence-corrected chi connectivity index (χ2v) is 6.58. The lowest BCUT2D eigenvalue weighted by molar-refractivity contribution is 0.271. The summed E-state index contributed by atoms with van der Waals surface area (Å²) in [5.41, 5.74) is 1.14. The second kappa shape index (κ2) is 5.47. The Morgan fingerprint density at radius 3 is 2.55 bits per heavy atom. The van der Waals surface area contributed by atoms with Crippen LogP contribution in [0.5, 0.6) is 0 Å². The summed E-state index contributed by atoms with van der Waals surface area (Å²) in [6.45, 7) is 2.23. The van der Waals surface area contributed by atoms with Gasteiger partial charge in [0, 0.05) is 17.8 Å². The quantitative estimate of drug-likeness (QED) is 0.691. The minimum Gasteiger partial charge on any atom is -0.196 e. The molecule has 1 aromatic carbocycles. The molecule has 2 aliphatic carbocycles. The first-order valence-electron chi connectivity index (χ1n) is 7.91. The molecule has 0 amide bonds. The zero-order valence-electron chi connectivity index (χ0n) is 12.9. The average molecular weight is 288 g/mol. The lowest BCUT2D eigenvalue weighted by Gasteiger charge is -2.43. The molecule has 0 radical (unpaired) electrons. The minimum atomic E-state index is -1.00. The maximum Gasteiger partial charge on any atom is 0.168 e. The Labute approximate surface area is 132 Å². The highest BCUT2D eigenvalue weighted by atomic mass is 14.5. The number of hydrogen-bond acceptors (Lipinski definition) is 2. The molecule has 2 aliphatic rings. The molecule has 2 heteroatoms. The van der Waals surface area contributed by atoms with Gasteiger partial charge in [0.15, 0.2) is 5.41 Å². The van der Waals surface area contributed by atoms with E-state index in [9.17, 15) is 10.5 Å². The van der Waals surface area contributed by atoms with Gasteiger partial charge in [-0.1, -0.05) is 55.5 Å². The van der Waals surface area contributed by atoms with E-state index in [4.69, 9.17) is 0 Å². The van der Waals surface area contributed by atoms with Gasteiger partial charge in [-0.05, 0) is 30.4 Å². The zero-order chi connectivity index (χ0) is 15.6. The van der Waals surface area contributed by atoms with E-state index in [0.717, 1.165) is 24.8 Å². The van der Waals surface area contributed by atoms with E-state index < -0.39 is 5.41 Å². The van der Waals surface area contributed by atoms with Crippen molar-refractivity contribution in [3.05, 3.63) is 59.7 Å². The van der Waals surface area contributed by atoms with Crippen LogP contribution < -0.4 is 0 Å². The summed E-state index contributed by atoms with van der Waals surface area (Å²) in [7, 11) is 0. The summed E-state index contributed by atoms with van der Waals surface area (Å²) in [5.74, 6) is 0.226. The van der Waals surface area contributed by atoms with Crippen LogP contribution in [-0.2, 0) is 0 Å². The van der Waals surface area contributed by atoms with Crippen LogP contribution in [0, 0.1) is 33.5 Å². The van der Waals surface area contributed by atoms with Crippen LogP contribution in [0.3, 0.4) is 0 Å². The van der Waals surface area contributed by atoms with Gasteiger partial charge in [0.05, 0.1) is 12.1 Å². The van der Waals surface area contributed by atoms with Crippen LogP contribution in [-0.4, -0.2) is 0 Å². The van der Waals surface area contributed by atoms with Crippen molar-refractivity contribution in [2.24, 2.45) is 10.8 Å². The molecule has 2 atom stereocenters. The topological polar surface area (TPSA) is 47.6 Å². The smallest absolute Gasteiger partial charge is 0.168 e. The molecule has 0 aromatic heterocycles. The molecule has 0 spiro atoms. The zero-order valence-corrected chi connectivity index (χ0v) is 12.9. The first-order chi connectivity index (χ1) is 10.7. The highest BCUT2D eigenvalue weighted by Gasteiger charge is 2.49. The summed E-state index contributed by atoms with van der Waals surface area (Å²) in [5, 5.41) is 19.5. The van der Waals surface area contributed by atoms with Crippen LogP contribution in [0.15, 0.2) is 54.1 Å². The number of hydrogen-bond donors (Lipinski definition) is 0. The number of rotatable bonds is 1. The normalized spacial score (nSPS) is 29.4. The predicted octanol–water partition coefficient (Wildman–Crippen LogP) is 4.88. The van der Waals surface area contributed by atoms with Crippen molar-refractivity contribution in [1.82, 2.24) is 0 Å². The van der Waals surface area contributed by atoms with E-state index in [-0.39, 0.29) is 11.3 Å². The predicted molar refractivity (Wildman–Crippen MR) is 86.6 cm³/mol. The third kappa shape index (κ3) is 2.08. The molecular formula is C20H20N2. The van der Waals surface area contributed by atoms with E-state index in [1.54, 1.807) is 0 Å². The molecule has 0 saturated heterocycles. The van der Waals surface area contributed by atoms with E-state index >= 15 is 0 Å². The Hall–Kier alpha value is -2.32. The Kier molecular flexibility index (Phi) is 3.63. The largest absolute Gasteiger partial charge is 0.196 e. The van der Waals surface area contributed by atoms with Crippen molar-refractivity contribution in [3.8, 4) is 12.1 Å². The number of fused-ring (bicyclic) bond motifs is 1. The molecule has 22 heavy (non-hydrogen) atoms. The van der Waals surface area contributed by atoms with Gasteiger partial charge in [-0.25, -0.2) is 0 Å². The molecule has 0 N–H and O–H groups in total. The van der Waals surface area contributed by atoms with E-state index in [1.165, 1.54) is 5.56 Å². The van der Waals surface area contributed by atoms with Crippen LogP contribution in [0.4, 0.5) is 0 Å². The van der Waals surface area contributed by atoms with Gasteiger partial charge in [-0.15, -0.1) is 0 Å². The number of nitriles is 2. The van der Waals surface area contributed by atoms with Gasteiger partial charge in [-0.2, -0.15) is 10.5 Å². The number of nitrogens with zero attached hydrogens (tertiary/aromatic N) is 2. The first kappa shape index (κ1) is 14.6. The lowest BCUT2D eigenvalue weighted by Crippen LogP contribution is -2.36. The number of allylic oxidation sites excluding steroid dienone is 4. The monoisotopic (exact) mass is 288 g/mol. The molecule has 0 bridgehead atoms. The third-order valence-electron chi connectivity index (χ3n) is 5.30. The Morgan fingerprint density at radius 1 is 1.14 bits per heavy atom. The standard InChI is InChI=1S/C20H20N2/c1-19-12-6-5-11-18(19)20(14-21,15-22)13-7-10-17(19)16-8-3-2-4-9-16/h2-4,7-11,17H,5-6,12-13H2,1H3. The summed E-state index contributed by atoms with van der Waals surface area (Å²) in [6.07, 6.45) is 10.0. The molecule has 3 rings (SSSR count). The van der Waals surface area contributed by atoms with E-state index in [1.807, 2.05) is 12.1 Å². The molecule has 0 aliphatic heterocycles. The number of benzene rings is 1. The fraction of sp³-hybridized carbons (Fsp3) is 0.400. The van der Waals surface area contributed by atoms with E-state index in [0.29, 0.717) is 6.42 Å². The second-order valence-electron chi connectivity index (χ2n) is 6.58. The lowest BCUT2D eigenvalue weighted by atomic mass is 9.58. The molecule has 1 aromatic rings. The summed E-state index contributed by atoms with van der Waals surface area (Å²) < 4.78 is 0. The Balaban J connectivity index is 2.18. The summed E-state index contributed by atoms with van der Waals surface area (Å²) in [6, 6.07) is 15.1.